The third-order valence-corrected chi connectivity index (χ3v) is 14.4. The molecule has 0 bridgehead atoms. The minimum Gasteiger partial charge on any atom is -0.309 e. The molecule has 0 radical (unpaired) electrons. The van der Waals surface area contributed by atoms with Gasteiger partial charge >= 0.3 is 0 Å². The van der Waals surface area contributed by atoms with Gasteiger partial charge in [-0.25, -0.2) is 0 Å². The molecule has 1 spiro atoms. The van der Waals surface area contributed by atoms with Gasteiger partial charge < -0.3 is 4.90 Å². The molecule has 11 aromatic rings. The molecule has 0 amide bonds. The highest BCUT2D eigenvalue weighted by Gasteiger charge is 2.52. The summed E-state index contributed by atoms with van der Waals surface area (Å²) in [7, 11) is 0. The van der Waals surface area contributed by atoms with Crippen molar-refractivity contribution in [2.75, 3.05) is 4.90 Å². The summed E-state index contributed by atoms with van der Waals surface area (Å²) >= 11 is 0. The molecule has 0 unspecified atom stereocenters. The molecule has 1 nitrogen and oxygen atoms in total. The van der Waals surface area contributed by atoms with Crippen LogP contribution in [0.25, 0.3) is 77.2 Å². The van der Waals surface area contributed by atoms with Gasteiger partial charge in [0.25, 0.3) is 0 Å². The lowest BCUT2D eigenvalue weighted by atomic mass is 9.68. The van der Waals surface area contributed by atoms with Crippen molar-refractivity contribution in [1.82, 2.24) is 0 Å². The largest absolute Gasteiger partial charge is 0.309 e. The molecule has 1 heteroatoms. The highest BCUT2D eigenvalue weighted by molar-refractivity contribution is 6.07. The van der Waals surface area contributed by atoms with Gasteiger partial charge in [-0.15, -0.1) is 0 Å². The fraction of sp³-hybridized carbons (Fsp3) is 0.0462. The molecule has 310 valence electrons. The molecule has 11 aromatic carbocycles. The highest BCUT2D eigenvalue weighted by atomic mass is 15.1. The second kappa shape index (κ2) is 14.9. The first-order valence-corrected chi connectivity index (χ1v) is 23.1. The molecular formula is C65H45N. The van der Waals surface area contributed by atoms with Gasteiger partial charge in [0, 0.05) is 22.3 Å². The third kappa shape index (κ3) is 5.66. The van der Waals surface area contributed by atoms with Crippen molar-refractivity contribution in [1.29, 1.82) is 0 Å². The van der Waals surface area contributed by atoms with Gasteiger partial charge in [-0.1, -0.05) is 223 Å². The van der Waals surface area contributed by atoms with E-state index in [0.717, 1.165) is 17.1 Å². The monoisotopic (exact) mass is 839 g/mol. The van der Waals surface area contributed by atoms with Crippen LogP contribution < -0.4 is 4.90 Å². The van der Waals surface area contributed by atoms with Crippen LogP contribution in [0.1, 0.15) is 33.4 Å². The topological polar surface area (TPSA) is 3.24 Å². The Morgan fingerprint density at radius 1 is 0.303 bits per heavy atom. The van der Waals surface area contributed by atoms with Crippen molar-refractivity contribution in [3.8, 4) is 55.6 Å². The molecule has 0 saturated carbocycles. The smallest absolute Gasteiger partial charge is 0.0731 e. The van der Waals surface area contributed by atoms with E-state index in [9.17, 15) is 0 Å². The van der Waals surface area contributed by atoms with Crippen molar-refractivity contribution >= 4 is 38.6 Å². The van der Waals surface area contributed by atoms with Crippen molar-refractivity contribution in [3.05, 3.63) is 270 Å². The molecular weight excluding hydrogens is 795 g/mol. The Labute approximate surface area is 386 Å². The van der Waals surface area contributed by atoms with Gasteiger partial charge in [0.2, 0.25) is 0 Å². The fourth-order valence-electron chi connectivity index (χ4n) is 11.5. The number of rotatable bonds is 6. The summed E-state index contributed by atoms with van der Waals surface area (Å²) in [5.74, 6) is 0. The fourth-order valence-corrected chi connectivity index (χ4v) is 11.5. The zero-order valence-corrected chi connectivity index (χ0v) is 37.0. The number of fused-ring (bicyclic) bond motifs is 12. The van der Waals surface area contributed by atoms with E-state index in [1.165, 1.54) is 111 Å². The second-order valence-electron chi connectivity index (χ2n) is 18.1. The molecule has 0 aromatic heterocycles. The Bertz CT molecular complexity index is 3650. The van der Waals surface area contributed by atoms with Crippen molar-refractivity contribution in [3.63, 3.8) is 0 Å². The van der Waals surface area contributed by atoms with E-state index in [1.54, 1.807) is 0 Å². The summed E-state index contributed by atoms with van der Waals surface area (Å²) < 4.78 is 0. The number of aryl methyl sites for hydroxylation is 2. The molecule has 0 fully saturated rings. The van der Waals surface area contributed by atoms with Crippen LogP contribution in [0.5, 0.6) is 0 Å². The first-order chi connectivity index (χ1) is 32.6. The Hall–Kier alpha value is -8.26. The maximum atomic E-state index is 2.48. The van der Waals surface area contributed by atoms with Crippen LogP contribution >= 0.6 is 0 Å². The molecule has 13 rings (SSSR count). The van der Waals surface area contributed by atoms with Gasteiger partial charge in [-0.2, -0.15) is 0 Å². The number of hydrogen-bond acceptors (Lipinski definition) is 1. The molecule has 0 heterocycles. The molecule has 2 aliphatic rings. The summed E-state index contributed by atoms with van der Waals surface area (Å²) in [5, 5.41) is 4.90. The van der Waals surface area contributed by atoms with Gasteiger partial charge in [-0.3, -0.25) is 0 Å². The van der Waals surface area contributed by atoms with Crippen LogP contribution in [0.4, 0.5) is 17.1 Å². The molecule has 66 heavy (non-hydrogen) atoms. The standard InChI is InChI=1S/C65H45N/c1-42-26-37-57-58-38-27-43(2)41-62(58)65(61(57)40-42)60-25-11-10-21-56(60)59-24-13-23-53(63(59)65)48-30-35-50(36-31-48)66(49-33-28-47(29-34-49)52-22-12-18-44-16-6-8-19-51(44)52)64-54-20-9-7-17-46(54)32-39-55(64)45-14-4-3-5-15-45/h3-41H,1-2H3. The van der Waals surface area contributed by atoms with Crippen LogP contribution in [0.3, 0.4) is 0 Å². The zero-order chi connectivity index (χ0) is 43.9. The van der Waals surface area contributed by atoms with Crippen LogP contribution in [0.2, 0.25) is 0 Å². The lowest BCUT2D eigenvalue weighted by Crippen LogP contribution is -2.27. The summed E-state index contributed by atoms with van der Waals surface area (Å²) in [4.78, 5) is 2.48. The van der Waals surface area contributed by atoms with Crippen molar-refractivity contribution < 1.29 is 0 Å². The van der Waals surface area contributed by atoms with Gasteiger partial charge in [0.05, 0.1) is 11.1 Å². The average Bonchev–Trinajstić information content (AvgIpc) is 3.83. The van der Waals surface area contributed by atoms with E-state index in [1.807, 2.05) is 0 Å². The van der Waals surface area contributed by atoms with Crippen LogP contribution in [0, 0.1) is 13.8 Å². The summed E-state index contributed by atoms with van der Waals surface area (Å²) in [5.41, 5.74) is 23.5. The molecule has 0 aliphatic heterocycles. The number of anilines is 3. The second-order valence-corrected chi connectivity index (χ2v) is 18.1. The Balaban J connectivity index is 1.02. The van der Waals surface area contributed by atoms with Crippen molar-refractivity contribution in [2.45, 2.75) is 19.3 Å². The molecule has 2 aliphatic carbocycles. The highest BCUT2D eigenvalue weighted by Crippen LogP contribution is 2.64. The quantitative estimate of drug-likeness (QED) is 0.161. The lowest BCUT2D eigenvalue weighted by Gasteiger charge is -2.33. The number of benzene rings is 11. The predicted molar refractivity (Wildman–Crippen MR) is 278 cm³/mol. The maximum Gasteiger partial charge on any atom is 0.0731 e. The Morgan fingerprint density at radius 2 is 0.773 bits per heavy atom. The Kier molecular flexibility index (Phi) is 8.63. The van der Waals surface area contributed by atoms with Gasteiger partial charge in [-0.05, 0) is 127 Å². The van der Waals surface area contributed by atoms with Gasteiger partial charge in [0.15, 0.2) is 0 Å². The summed E-state index contributed by atoms with van der Waals surface area (Å²) in [6, 6.07) is 88.3. The summed E-state index contributed by atoms with van der Waals surface area (Å²) in [6.07, 6.45) is 0. The lowest BCUT2D eigenvalue weighted by molar-refractivity contribution is 0.793. The van der Waals surface area contributed by atoms with Gasteiger partial charge in [0.1, 0.15) is 0 Å². The normalized spacial score (nSPS) is 12.8. The minimum absolute atomic E-state index is 0.449. The zero-order valence-electron chi connectivity index (χ0n) is 37.0. The Morgan fingerprint density at radius 3 is 1.47 bits per heavy atom. The van der Waals surface area contributed by atoms with Crippen molar-refractivity contribution in [2.24, 2.45) is 0 Å². The third-order valence-electron chi connectivity index (χ3n) is 14.4. The van der Waals surface area contributed by atoms with Crippen LogP contribution in [-0.4, -0.2) is 0 Å². The SMILES string of the molecule is Cc1ccc2c(c1)C1(c3cc(C)ccc3-2)c2ccccc2-c2cccc(-c3ccc(N(c4ccc(-c5cccc6ccccc56)cc4)c4c(-c5ccccc5)ccc5ccccc45)cc3)c21. The maximum absolute atomic E-state index is 2.48. The van der Waals surface area contributed by atoms with E-state index >= 15 is 0 Å². The number of nitrogens with zero attached hydrogens (tertiary/aromatic N) is 1. The van der Waals surface area contributed by atoms with E-state index in [4.69, 9.17) is 0 Å². The van der Waals surface area contributed by atoms with Crippen LogP contribution in [0.15, 0.2) is 237 Å². The first kappa shape index (κ1) is 38.2. The molecule has 0 saturated heterocycles. The molecule has 0 N–H and O–H groups in total. The first-order valence-electron chi connectivity index (χ1n) is 23.1. The minimum atomic E-state index is -0.449. The van der Waals surface area contributed by atoms with E-state index in [2.05, 4.69) is 255 Å². The van der Waals surface area contributed by atoms with E-state index in [0.29, 0.717) is 0 Å². The van der Waals surface area contributed by atoms with Crippen LogP contribution in [-0.2, 0) is 5.41 Å². The predicted octanol–water partition coefficient (Wildman–Crippen LogP) is 17.4. The van der Waals surface area contributed by atoms with E-state index in [-0.39, 0.29) is 0 Å². The molecule has 0 atom stereocenters. The summed E-state index contributed by atoms with van der Waals surface area (Å²) in [6.45, 7) is 4.47. The number of hydrogen-bond donors (Lipinski definition) is 0. The average molecular weight is 840 g/mol. The van der Waals surface area contributed by atoms with E-state index < -0.39 is 5.41 Å².